The normalized spacial score (nSPS) is 13.3. The summed E-state index contributed by atoms with van der Waals surface area (Å²) in [7, 11) is 1.23. The number of imide groups is 1. The standard InChI is InChI=1S/C22H15ClN4O5S/c1-32-21(31)13-3-2-4-15(11-13)27-19(29)16(23)17(20(27)30)25-14-7-5-12(6-8-14)18(28)26-22-24-9-10-33-22/h2-11,25H,1H3,(H,24,26,28). The molecule has 0 unspecified atom stereocenters. The second kappa shape index (κ2) is 9.23. The lowest BCUT2D eigenvalue weighted by molar-refractivity contribution is -0.120. The van der Waals surface area contributed by atoms with E-state index in [1.165, 1.54) is 42.7 Å². The van der Waals surface area contributed by atoms with Gasteiger partial charge in [0.25, 0.3) is 17.7 Å². The predicted molar refractivity (Wildman–Crippen MR) is 123 cm³/mol. The van der Waals surface area contributed by atoms with Gasteiger partial charge >= 0.3 is 5.97 Å². The van der Waals surface area contributed by atoms with Crippen molar-refractivity contribution in [1.29, 1.82) is 0 Å². The Morgan fingerprint density at radius 1 is 1.06 bits per heavy atom. The van der Waals surface area contributed by atoms with Crippen LogP contribution in [0.25, 0.3) is 0 Å². The molecule has 9 nitrogen and oxygen atoms in total. The van der Waals surface area contributed by atoms with Crippen molar-refractivity contribution in [2.45, 2.75) is 0 Å². The summed E-state index contributed by atoms with van der Waals surface area (Å²) in [5, 5.41) is 7.43. The van der Waals surface area contributed by atoms with Crippen molar-refractivity contribution in [1.82, 2.24) is 4.98 Å². The first-order valence-corrected chi connectivity index (χ1v) is 10.7. The summed E-state index contributed by atoms with van der Waals surface area (Å²) in [6.45, 7) is 0. The highest BCUT2D eigenvalue weighted by Crippen LogP contribution is 2.30. The smallest absolute Gasteiger partial charge is 0.337 e. The Hall–Kier alpha value is -4.02. The molecule has 2 N–H and O–H groups in total. The number of methoxy groups -OCH3 is 1. The van der Waals surface area contributed by atoms with Crippen molar-refractivity contribution in [3.63, 3.8) is 0 Å². The Labute approximate surface area is 196 Å². The van der Waals surface area contributed by atoms with E-state index in [1.54, 1.807) is 35.8 Å². The molecule has 0 atom stereocenters. The Morgan fingerprint density at radius 3 is 2.48 bits per heavy atom. The van der Waals surface area contributed by atoms with Crippen LogP contribution in [0.15, 0.2) is 70.8 Å². The monoisotopic (exact) mass is 482 g/mol. The maximum atomic E-state index is 12.9. The number of thiazole rings is 1. The molecule has 4 rings (SSSR count). The second-order valence-electron chi connectivity index (χ2n) is 6.67. The molecule has 3 amide bonds. The minimum atomic E-state index is -0.731. The molecule has 0 fully saturated rings. The molecule has 2 aromatic carbocycles. The van der Waals surface area contributed by atoms with Gasteiger partial charge in [0, 0.05) is 22.8 Å². The van der Waals surface area contributed by atoms with Crippen molar-refractivity contribution in [2.24, 2.45) is 0 Å². The fourth-order valence-electron chi connectivity index (χ4n) is 3.04. The molecule has 0 aliphatic carbocycles. The lowest BCUT2D eigenvalue weighted by Crippen LogP contribution is -2.32. The van der Waals surface area contributed by atoms with Crippen LogP contribution >= 0.6 is 22.9 Å². The fourth-order valence-corrected chi connectivity index (χ4v) is 3.78. The molecule has 11 heteroatoms. The highest BCUT2D eigenvalue weighted by Gasteiger charge is 2.39. The van der Waals surface area contributed by atoms with Gasteiger partial charge in [0.1, 0.15) is 10.7 Å². The number of hydrogen-bond donors (Lipinski definition) is 2. The summed E-state index contributed by atoms with van der Waals surface area (Å²) in [5.74, 6) is -2.35. The number of anilines is 3. The highest BCUT2D eigenvalue weighted by molar-refractivity contribution is 7.13. The van der Waals surface area contributed by atoms with Crippen LogP contribution < -0.4 is 15.5 Å². The van der Waals surface area contributed by atoms with Gasteiger partial charge in [-0.15, -0.1) is 11.3 Å². The number of nitrogens with one attached hydrogen (secondary N) is 2. The number of esters is 1. The highest BCUT2D eigenvalue weighted by atomic mass is 35.5. The number of ether oxygens (including phenoxy) is 1. The van der Waals surface area contributed by atoms with Gasteiger partial charge in [-0.25, -0.2) is 14.7 Å². The van der Waals surface area contributed by atoms with Crippen LogP contribution in [0.3, 0.4) is 0 Å². The quantitative estimate of drug-likeness (QED) is 0.407. The average molecular weight is 483 g/mol. The molecule has 0 saturated carbocycles. The van der Waals surface area contributed by atoms with E-state index < -0.39 is 17.8 Å². The Morgan fingerprint density at radius 2 is 1.82 bits per heavy atom. The van der Waals surface area contributed by atoms with Crippen molar-refractivity contribution >= 4 is 63.1 Å². The van der Waals surface area contributed by atoms with E-state index in [4.69, 9.17) is 11.6 Å². The predicted octanol–water partition coefficient (Wildman–Crippen LogP) is 3.62. The Balaban J connectivity index is 1.51. The van der Waals surface area contributed by atoms with Gasteiger partial charge in [-0.2, -0.15) is 0 Å². The van der Waals surface area contributed by atoms with Crippen molar-refractivity contribution in [3.8, 4) is 0 Å². The lowest BCUT2D eigenvalue weighted by Gasteiger charge is -2.16. The lowest BCUT2D eigenvalue weighted by atomic mass is 10.2. The van der Waals surface area contributed by atoms with Crippen LogP contribution in [0.4, 0.5) is 16.5 Å². The number of rotatable bonds is 6. The topological polar surface area (TPSA) is 118 Å². The van der Waals surface area contributed by atoms with Gasteiger partial charge in [0.05, 0.1) is 18.4 Å². The van der Waals surface area contributed by atoms with Gasteiger partial charge in [-0.1, -0.05) is 17.7 Å². The molecule has 0 saturated heterocycles. The molecule has 1 aliphatic rings. The molecule has 0 bridgehead atoms. The van der Waals surface area contributed by atoms with E-state index in [0.29, 0.717) is 16.4 Å². The maximum Gasteiger partial charge on any atom is 0.337 e. The van der Waals surface area contributed by atoms with Crippen LogP contribution in [0.2, 0.25) is 0 Å². The van der Waals surface area contributed by atoms with Crippen LogP contribution in [0.5, 0.6) is 0 Å². The van der Waals surface area contributed by atoms with Crippen LogP contribution in [-0.4, -0.2) is 35.8 Å². The van der Waals surface area contributed by atoms with Crippen LogP contribution in [-0.2, 0) is 14.3 Å². The molecule has 3 aromatic rings. The molecule has 1 aromatic heterocycles. The summed E-state index contributed by atoms with van der Waals surface area (Å²) >= 11 is 7.45. The van der Waals surface area contributed by atoms with Crippen molar-refractivity contribution in [2.75, 3.05) is 22.6 Å². The Kier molecular flexibility index (Phi) is 6.20. The number of aromatic nitrogens is 1. The zero-order valence-corrected chi connectivity index (χ0v) is 18.6. The third-order valence-electron chi connectivity index (χ3n) is 4.62. The zero-order chi connectivity index (χ0) is 23.5. The molecular weight excluding hydrogens is 468 g/mol. The summed E-state index contributed by atoms with van der Waals surface area (Å²) < 4.78 is 4.68. The number of carbonyl (C=O) groups excluding carboxylic acids is 4. The number of hydrogen-bond acceptors (Lipinski definition) is 8. The van der Waals surface area contributed by atoms with E-state index in [1.807, 2.05) is 0 Å². The third-order valence-corrected chi connectivity index (χ3v) is 5.66. The molecule has 0 spiro atoms. The number of benzene rings is 2. The minimum Gasteiger partial charge on any atom is -0.465 e. The molecule has 0 radical (unpaired) electrons. The van der Waals surface area contributed by atoms with Gasteiger partial charge in [-0.3, -0.25) is 19.7 Å². The van der Waals surface area contributed by atoms with Gasteiger partial charge in [0.15, 0.2) is 5.13 Å². The van der Waals surface area contributed by atoms with Crippen LogP contribution in [0.1, 0.15) is 20.7 Å². The van der Waals surface area contributed by atoms with E-state index in [-0.39, 0.29) is 27.9 Å². The molecule has 2 heterocycles. The number of halogens is 1. The number of nitrogens with zero attached hydrogens (tertiary/aromatic N) is 2. The third kappa shape index (κ3) is 4.47. The van der Waals surface area contributed by atoms with Gasteiger partial charge in [0.2, 0.25) is 0 Å². The average Bonchev–Trinajstić information content (AvgIpc) is 3.41. The van der Waals surface area contributed by atoms with Gasteiger partial charge in [-0.05, 0) is 42.5 Å². The summed E-state index contributed by atoms with van der Waals surface area (Å²) in [6, 6.07) is 12.2. The van der Waals surface area contributed by atoms with Crippen molar-refractivity contribution in [3.05, 3.63) is 82.0 Å². The van der Waals surface area contributed by atoms with Gasteiger partial charge < -0.3 is 10.1 Å². The number of amides is 3. The first-order chi connectivity index (χ1) is 15.9. The SMILES string of the molecule is COC(=O)c1cccc(N2C(=O)C(Cl)=C(Nc3ccc(C(=O)Nc4nccs4)cc3)C2=O)c1. The van der Waals surface area contributed by atoms with Crippen molar-refractivity contribution < 1.29 is 23.9 Å². The summed E-state index contributed by atoms with van der Waals surface area (Å²) in [5.41, 5.74) is 1.06. The van der Waals surface area contributed by atoms with E-state index in [9.17, 15) is 19.2 Å². The molecule has 33 heavy (non-hydrogen) atoms. The second-order valence-corrected chi connectivity index (χ2v) is 7.94. The summed E-state index contributed by atoms with van der Waals surface area (Å²) in [6.07, 6.45) is 1.58. The largest absolute Gasteiger partial charge is 0.465 e. The first kappa shape index (κ1) is 22.2. The van der Waals surface area contributed by atoms with E-state index >= 15 is 0 Å². The first-order valence-electron chi connectivity index (χ1n) is 9.44. The fraction of sp³-hybridized carbons (Fsp3) is 0.0455. The minimum absolute atomic E-state index is 0.120. The molecule has 166 valence electrons. The van der Waals surface area contributed by atoms with Crippen LogP contribution in [0, 0.1) is 0 Å². The van der Waals surface area contributed by atoms with E-state index in [2.05, 4.69) is 20.4 Å². The molecular formula is C22H15ClN4O5S. The summed E-state index contributed by atoms with van der Waals surface area (Å²) in [4.78, 5) is 54.5. The number of carbonyl (C=O) groups is 4. The maximum absolute atomic E-state index is 12.9. The van der Waals surface area contributed by atoms with E-state index in [0.717, 1.165) is 4.90 Å². The zero-order valence-electron chi connectivity index (χ0n) is 17.0. The Bertz CT molecular complexity index is 1290. The molecule has 1 aliphatic heterocycles.